The van der Waals surface area contributed by atoms with Crippen molar-refractivity contribution >= 4 is 17.6 Å². The molecule has 0 saturated carbocycles. The molecule has 0 aromatic heterocycles. The fourth-order valence-corrected chi connectivity index (χ4v) is 4.61. The molecule has 0 radical (unpaired) electrons. The summed E-state index contributed by atoms with van der Waals surface area (Å²) in [7, 11) is 2.42. The first-order valence-electron chi connectivity index (χ1n) is 11.3. The van der Waals surface area contributed by atoms with Crippen molar-refractivity contribution < 1.29 is 48.5 Å². The van der Waals surface area contributed by atoms with E-state index in [1.54, 1.807) is 19.9 Å². The highest BCUT2D eigenvalue weighted by Crippen LogP contribution is 2.42. The minimum Gasteiger partial charge on any atom is -0.466 e. The van der Waals surface area contributed by atoms with Crippen LogP contribution in [0.4, 0.5) is 5.69 Å². The summed E-state index contributed by atoms with van der Waals surface area (Å²) in [6.45, 7) is 3.53. The lowest BCUT2D eigenvalue weighted by Gasteiger charge is -2.29. The van der Waals surface area contributed by atoms with Gasteiger partial charge in [-0.05, 0) is 13.8 Å². The van der Waals surface area contributed by atoms with Crippen LogP contribution in [0.15, 0.2) is 46.8 Å². The summed E-state index contributed by atoms with van der Waals surface area (Å²) in [6.07, 6.45) is -2.41. The summed E-state index contributed by atoms with van der Waals surface area (Å²) in [5.74, 6) is -2.33. The van der Waals surface area contributed by atoms with E-state index in [0.717, 1.165) is 0 Å². The molecular formula is C23H27N3O12. The van der Waals surface area contributed by atoms with Gasteiger partial charge in [-0.15, -0.1) is 10.1 Å². The number of para-hydroxylation sites is 1. The van der Waals surface area contributed by atoms with Gasteiger partial charge < -0.3 is 34.2 Å². The van der Waals surface area contributed by atoms with Gasteiger partial charge in [-0.1, -0.05) is 18.2 Å². The zero-order valence-electron chi connectivity index (χ0n) is 20.9. The highest BCUT2D eigenvalue weighted by atomic mass is 17.0. The number of nitrogens with one attached hydrogen (secondary N) is 1. The molecule has 3 aliphatic rings. The number of ether oxygens (including phenoxy) is 4. The van der Waals surface area contributed by atoms with E-state index >= 15 is 0 Å². The molecule has 206 valence electrons. The third kappa shape index (κ3) is 5.74. The van der Waals surface area contributed by atoms with E-state index in [1.807, 2.05) is 0 Å². The number of allylic oxidation sites excluding steroid dienone is 2. The van der Waals surface area contributed by atoms with Crippen LogP contribution in [0.3, 0.4) is 0 Å². The molecule has 0 unspecified atom stereocenters. The van der Waals surface area contributed by atoms with E-state index in [-0.39, 0.29) is 35.6 Å². The second kappa shape index (κ2) is 12.0. The Labute approximate surface area is 216 Å². The average molecular weight is 537 g/mol. The number of carbonyl (C=O) groups excluding carboxylic acids is 2. The number of nitrogens with zero attached hydrogens (tertiary/aromatic N) is 2. The Morgan fingerprint density at radius 1 is 0.974 bits per heavy atom. The Morgan fingerprint density at radius 3 is 2.05 bits per heavy atom. The lowest BCUT2D eigenvalue weighted by molar-refractivity contribution is -0.769. The molecule has 2 saturated heterocycles. The fraction of sp³-hybridized carbons (Fsp3) is 0.478. The highest BCUT2D eigenvalue weighted by Gasteiger charge is 2.48. The first kappa shape index (κ1) is 28.5. The predicted molar refractivity (Wildman–Crippen MR) is 126 cm³/mol. The van der Waals surface area contributed by atoms with Gasteiger partial charge in [0.05, 0.1) is 49.4 Å². The summed E-state index contributed by atoms with van der Waals surface area (Å²) in [4.78, 5) is 49.9. The minimum absolute atomic E-state index is 0.0906. The van der Waals surface area contributed by atoms with Gasteiger partial charge in [0.2, 0.25) is 0 Å². The number of aliphatic hydroxyl groups is 1. The summed E-state index contributed by atoms with van der Waals surface area (Å²) in [5, 5.41) is 32.8. The fourth-order valence-electron chi connectivity index (χ4n) is 4.61. The molecule has 1 aromatic carbocycles. The SMILES string of the molecule is COC(=O)C1=C(C)NC(C)=C(C(=O)OC)C1c1ccccc1[N+](=O)[O-].O=[N+]([O-])O[C@@H]1CO[C@H]2[C@@H]1OC[C@@H]2O. The summed E-state index contributed by atoms with van der Waals surface area (Å²) in [6, 6.07) is 5.97. The van der Waals surface area contributed by atoms with E-state index in [2.05, 4.69) is 10.2 Å². The molecule has 38 heavy (non-hydrogen) atoms. The Morgan fingerprint density at radius 2 is 1.53 bits per heavy atom. The number of nitro groups is 1. The van der Waals surface area contributed by atoms with Crippen LogP contribution in [0.5, 0.6) is 0 Å². The molecule has 3 heterocycles. The Bertz CT molecular complexity index is 1140. The number of aliphatic hydroxyl groups excluding tert-OH is 1. The zero-order chi connectivity index (χ0) is 28.1. The molecule has 4 rings (SSSR count). The van der Waals surface area contributed by atoms with Crippen LogP contribution >= 0.6 is 0 Å². The number of esters is 2. The number of methoxy groups -OCH3 is 2. The van der Waals surface area contributed by atoms with E-state index in [9.17, 15) is 34.9 Å². The topological polar surface area (TPSA) is 199 Å². The van der Waals surface area contributed by atoms with E-state index in [4.69, 9.17) is 18.9 Å². The molecule has 15 heteroatoms. The highest BCUT2D eigenvalue weighted by molar-refractivity contribution is 6.00. The van der Waals surface area contributed by atoms with Crippen molar-refractivity contribution in [2.24, 2.45) is 0 Å². The van der Waals surface area contributed by atoms with Crippen LogP contribution in [0.1, 0.15) is 25.3 Å². The van der Waals surface area contributed by atoms with Crippen LogP contribution in [-0.2, 0) is 33.4 Å². The molecule has 4 atom stereocenters. The van der Waals surface area contributed by atoms with Gasteiger partial charge >= 0.3 is 11.9 Å². The molecule has 2 N–H and O–H groups in total. The van der Waals surface area contributed by atoms with Gasteiger partial charge in [0.1, 0.15) is 18.3 Å². The lowest BCUT2D eigenvalue weighted by atomic mass is 9.79. The van der Waals surface area contributed by atoms with Crippen LogP contribution < -0.4 is 5.32 Å². The van der Waals surface area contributed by atoms with Gasteiger partial charge in [0.15, 0.2) is 6.10 Å². The van der Waals surface area contributed by atoms with Crippen molar-refractivity contribution in [1.29, 1.82) is 0 Å². The Hall–Kier alpha value is -4.08. The van der Waals surface area contributed by atoms with Gasteiger partial charge in [-0.25, -0.2) is 9.59 Å². The van der Waals surface area contributed by atoms with Crippen LogP contribution in [0.25, 0.3) is 0 Å². The molecule has 0 amide bonds. The monoisotopic (exact) mass is 537 g/mol. The minimum atomic E-state index is -0.970. The molecular weight excluding hydrogens is 510 g/mol. The van der Waals surface area contributed by atoms with Crippen LogP contribution in [-0.4, -0.2) is 78.9 Å². The molecule has 15 nitrogen and oxygen atoms in total. The number of dihydropyridines is 1. The van der Waals surface area contributed by atoms with Crippen LogP contribution in [0.2, 0.25) is 0 Å². The van der Waals surface area contributed by atoms with Gasteiger partial charge in [-0.2, -0.15) is 0 Å². The third-order valence-corrected chi connectivity index (χ3v) is 6.22. The number of nitro benzene ring substituents is 1. The largest absolute Gasteiger partial charge is 0.466 e. The quantitative estimate of drug-likeness (QED) is 0.295. The average Bonchev–Trinajstić information content (AvgIpc) is 3.45. The van der Waals surface area contributed by atoms with Gasteiger partial charge in [0.25, 0.3) is 10.8 Å². The molecule has 0 spiro atoms. The second-order valence-electron chi connectivity index (χ2n) is 8.47. The van der Waals surface area contributed by atoms with Crippen molar-refractivity contribution in [2.75, 3.05) is 27.4 Å². The number of fused-ring (bicyclic) bond motifs is 1. The van der Waals surface area contributed by atoms with Crippen molar-refractivity contribution in [3.05, 3.63) is 72.6 Å². The zero-order valence-corrected chi connectivity index (χ0v) is 20.9. The number of carbonyl (C=O) groups is 2. The van der Waals surface area contributed by atoms with E-state index in [1.165, 1.54) is 32.4 Å². The normalized spacial score (nSPS) is 24.6. The maximum Gasteiger partial charge on any atom is 0.336 e. The predicted octanol–water partition coefficient (Wildman–Crippen LogP) is 0.897. The maximum absolute atomic E-state index is 12.3. The summed E-state index contributed by atoms with van der Waals surface area (Å²) < 4.78 is 19.9. The maximum atomic E-state index is 12.3. The van der Waals surface area contributed by atoms with Crippen molar-refractivity contribution in [2.45, 2.75) is 44.2 Å². The number of rotatable bonds is 6. The molecule has 1 aromatic rings. The first-order valence-corrected chi connectivity index (χ1v) is 11.3. The lowest BCUT2D eigenvalue weighted by Crippen LogP contribution is -2.33. The van der Waals surface area contributed by atoms with Crippen molar-refractivity contribution in [3.63, 3.8) is 0 Å². The van der Waals surface area contributed by atoms with E-state index in [0.29, 0.717) is 11.4 Å². The van der Waals surface area contributed by atoms with E-state index < -0.39 is 52.3 Å². The molecule has 2 fully saturated rings. The summed E-state index contributed by atoms with van der Waals surface area (Å²) >= 11 is 0. The second-order valence-corrected chi connectivity index (χ2v) is 8.47. The summed E-state index contributed by atoms with van der Waals surface area (Å²) in [5.41, 5.74) is 1.19. The standard InChI is InChI=1S/C17H18N2O6.C6H9NO6/c1-9-13(16(20)24-3)15(14(10(2)18-9)17(21)25-4)11-7-5-6-8-12(11)19(22)23;8-3-1-11-6-4(13-7(9)10)2-12-5(3)6/h5-8,15,18H,1-4H3;3-6,8H,1-2H2/t;3-,4+,5+,6+/m.0/s1. The van der Waals surface area contributed by atoms with Crippen LogP contribution in [0, 0.1) is 20.2 Å². The molecule has 0 bridgehead atoms. The molecule has 0 aliphatic carbocycles. The first-order chi connectivity index (χ1) is 18.0. The third-order valence-electron chi connectivity index (χ3n) is 6.22. The van der Waals surface area contributed by atoms with Crippen molar-refractivity contribution in [1.82, 2.24) is 5.32 Å². The van der Waals surface area contributed by atoms with Gasteiger partial charge in [0, 0.05) is 23.0 Å². The number of hydrogen-bond donors (Lipinski definition) is 2. The molecule has 3 aliphatic heterocycles. The smallest absolute Gasteiger partial charge is 0.336 e. The van der Waals surface area contributed by atoms with Crippen molar-refractivity contribution in [3.8, 4) is 0 Å². The number of benzene rings is 1. The Balaban J connectivity index is 0.000000256. The van der Waals surface area contributed by atoms with Gasteiger partial charge in [-0.3, -0.25) is 10.1 Å². The Kier molecular flexibility index (Phi) is 8.98. The number of hydrogen-bond acceptors (Lipinski definition) is 13.